The van der Waals surface area contributed by atoms with Gasteiger partial charge in [-0.15, -0.1) is 0 Å². The lowest BCUT2D eigenvalue weighted by molar-refractivity contribution is 0.160. The Morgan fingerprint density at radius 2 is 1.58 bits per heavy atom. The zero-order valence-corrected chi connectivity index (χ0v) is 13.0. The van der Waals surface area contributed by atoms with Crippen LogP contribution in [-0.4, -0.2) is 17.3 Å². The summed E-state index contributed by atoms with van der Waals surface area (Å²) in [6.45, 7) is 9.67. The van der Waals surface area contributed by atoms with Crippen molar-refractivity contribution in [2.75, 3.05) is 0 Å². The number of aliphatic hydroxyl groups is 1. The first-order chi connectivity index (χ1) is 8.85. The molecule has 0 bridgehead atoms. The van der Waals surface area contributed by atoms with Crippen LogP contribution in [0.15, 0.2) is 12.1 Å². The first-order valence-corrected chi connectivity index (χ1v) is 7.07. The first kappa shape index (κ1) is 16.1. The van der Waals surface area contributed by atoms with E-state index in [0.29, 0.717) is 22.9 Å². The number of hydrogen-bond donors (Lipinski definition) is 1. The predicted molar refractivity (Wildman–Crippen MR) is 78.2 cm³/mol. The van der Waals surface area contributed by atoms with E-state index in [-0.39, 0.29) is 12.2 Å². The van der Waals surface area contributed by atoms with Crippen LogP contribution < -0.4 is 9.47 Å². The number of rotatable bonds is 6. The lowest BCUT2D eigenvalue weighted by Crippen LogP contribution is -2.11. The molecule has 4 heteroatoms. The molecule has 1 aromatic carbocycles. The Bertz CT molecular complexity index is 416. The van der Waals surface area contributed by atoms with Crippen LogP contribution >= 0.6 is 11.6 Å². The van der Waals surface area contributed by atoms with E-state index >= 15 is 0 Å². The van der Waals surface area contributed by atoms with Crippen molar-refractivity contribution in [3.63, 3.8) is 0 Å². The third-order valence-corrected chi connectivity index (χ3v) is 2.83. The summed E-state index contributed by atoms with van der Waals surface area (Å²) in [4.78, 5) is 0. The summed E-state index contributed by atoms with van der Waals surface area (Å²) >= 11 is 6.19. The summed E-state index contributed by atoms with van der Waals surface area (Å²) in [6.07, 6.45) is 0.0780. The smallest absolute Gasteiger partial charge is 0.138 e. The van der Waals surface area contributed by atoms with Gasteiger partial charge in [-0.25, -0.2) is 0 Å². The molecule has 3 nitrogen and oxygen atoms in total. The summed E-state index contributed by atoms with van der Waals surface area (Å²) in [5.74, 6) is 1.20. The number of halogens is 1. The Labute approximate surface area is 120 Å². The van der Waals surface area contributed by atoms with Gasteiger partial charge in [-0.3, -0.25) is 0 Å². The van der Waals surface area contributed by atoms with Crippen molar-refractivity contribution in [3.05, 3.63) is 22.7 Å². The van der Waals surface area contributed by atoms with E-state index in [9.17, 15) is 5.11 Å². The average molecular weight is 287 g/mol. The van der Waals surface area contributed by atoms with Gasteiger partial charge in [0.2, 0.25) is 0 Å². The summed E-state index contributed by atoms with van der Waals surface area (Å²) in [7, 11) is 0. The molecule has 1 aromatic rings. The first-order valence-electron chi connectivity index (χ1n) is 6.69. The van der Waals surface area contributed by atoms with Crippen molar-refractivity contribution in [2.45, 2.75) is 59.4 Å². The lowest BCUT2D eigenvalue weighted by atomic mass is 10.1. The van der Waals surface area contributed by atoms with Gasteiger partial charge >= 0.3 is 0 Å². The minimum absolute atomic E-state index is 0.0238. The van der Waals surface area contributed by atoms with Gasteiger partial charge in [0.15, 0.2) is 0 Å². The van der Waals surface area contributed by atoms with Crippen LogP contribution in [0, 0.1) is 0 Å². The molecule has 1 rings (SSSR count). The Morgan fingerprint density at radius 1 is 1.05 bits per heavy atom. The highest BCUT2D eigenvalue weighted by molar-refractivity contribution is 6.32. The topological polar surface area (TPSA) is 38.7 Å². The van der Waals surface area contributed by atoms with Crippen molar-refractivity contribution in [1.29, 1.82) is 0 Å². The summed E-state index contributed by atoms with van der Waals surface area (Å²) in [6, 6.07) is 3.49. The highest BCUT2D eigenvalue weighted by Gasteiger charge is 2.17. The predicted octanol–water partition coefficient (Wildman–Crippen LogP) is 4.36. The number of aliphatic hydroxyl groups excluding tert-OH is 1. The van der Waals surface area contributed by atoms with E-state index in [4.69, 9.17) is 21.1 Å². The molecule has 0 heterocycles. The minimum atomic E-state index is -0.583. The second-order valence-electron chi connectivity index (χ2n) is 5.08. The monoisotopic (exact) mass is 286 g/mol. The quantitative estimate of drug-likeness (QED) is 0.844. The van der Waals surface area contributed by atoms with Gasteiger partial charge in [0.25, 0.3) is 0 Å². The summed E-state index contributed by atoms with van der Waals surface area (Å²) < 4.78 is 11.4. The maximum Gasteiger partial charge on any atom is 0.138 e. The Balaban J connectivity index is 3.20. The van der Waals surface area contributed by atoms with Gasteiger partial charge in [0, 0.05) is 11.6 Å². The summed E-state index contributed by atoms with van der Waals surface area (Å²) in [5.41, 5.74) is 0.719. The second-order valence-corrected chi connectivity index (χ2v) is 5.48. The molecule has 19 heavy (non-hydrogen) atoms. The van der Waals surface area contributed by atoms with Gasteiger partial charge < -0.3 is 14.6 Å². The van der Waals surface area contributed by atoms with Crippen LogP contribution in [0.3, 0.4) is 0 Å². The molecule has 1 unspecified atom stereocenters. The molecule has 0 aliphatic carbocycles. The molecule has 0 aromatic heterocycles. The molecule has 0 aliphatic heterocycles. The second kappa shape index (κ2) is 7.01. The van der Waals surface area contributed by atoms with Crippen molar-refractivity contribution in [1.82, 2.24) is 0 Å². The van der Waals surface area contributed by atoms with Crippen molar-refractivity contribution in [3.8, 4) is 11.5 Å². The van der Waals surface area contributed by atoms with E-state index in [1.807, 2.05) is 34.6 Å². The zero-order chi connectivity index (χ0) is 14.6. The molecule has 1 N–H and O–H groups in total. The van der Waals surface area contributed by atoms with Gasteiger partial charge in [0.05, 0.1) is 23.3 Å². The Morgan fingerprint density at radius 3 is 2.05 bits per heavy atom. The SMILES string of the molecule is CCC(O)c1cc(OC(C)C)c(Cl)cc1OC(C)C. The Hall–Kier alpha value is -0.930. The largest absolute Gasteiger partial charge is 0.491 e. The summed E-state index contributed by atoms with van der Waals surface area (Å²) in [5, 5.41) is 10.6. The lowest BCUT2D eigenvalue weighted by Gasteiger charge is -2.20. The van der Waals surface area contributed by atoms with E-state index in [1.54, 1.807) is 12.1 Å². The standard InChI is InChI=1S/C15H23ClO3/c1-6-13(17)11-7-15(19-10(4)5)12(16)8-14(11)18-9(2)3/h7-10,13,17H,6H2,1-5H3. The molecule has 0 spiro atoms. The van der Waals surface area contributed by atoms with Crippen LogP contribution in [0.25, 0.3) is 0 Å². The maximum atomic E-state index is 10.1. The number of ether oxygens (including phenoxy) is 2. The van der Waals surface area contributed by atoms with Gasteiger partial charge in [-0.1, -0.05) is 18.5 Å². The molecule has 0 fully saturated rings. The number of hydrogen-bond acceptors (Lipinski definition) is 3. The number of benzene rings is 1. The molecule has 1 atom stereocenters. The molecule has 0 saturated heterocycles. The van der Waals surface area contributed by atoms with Crippen molar-refractivity contribution in [2.24, 2.45) is 0 Å². The third kappa shape index (κ3) is 4.59. The zero-order valence-electron chi connectivity index (χ0n) is 12.2. The van der Waals surface area contributed by atoms with E-state index < -0.39 is 6.10 Å². The van der Waals surface area contributed by atoms with Gasteiger partial charge in [0.1, 0.15) is 11.5 Å². The normalized spacial score (nSPS) is 12.9. The molecule has 108 valence electrons. The minimum Gasteiger partial charge on any atom is -0.491 e. The average Bonchev–Trinajstić information content (AvgIpc) is 2.30. The fourth-order valence-electron chi connectivity index (χ4n) is 1.73. The van der Waals surface area contributed by atoms with Crippen LogP contribution in [0.2, 0.25) is 5.02 Å². The molecule has 0 saturated carbocycles. The maximum absolute atomic E-state index is 10.1. The van der Waals surface area contributed by atoms with Crippen LogP contribution in [0.4, 0.5) is 0 Å². The van der Waals surface area contributed by atoms with E-state index in [0.717, 1.165) is 5.56 Å². The Kier molecular flexibility index (Phi) is 5.95. The fraction of sp³-hybridized carbons (Fsp3) is 0.600. The van der Waals surface area contributed by atoms with Gasteiger partial charge in [-0.2, -0.15) is 0 Å². The molecular formula is C15H23ClO3. The molecule has 0 amide bonds. The third-order valence-electron chi connectivity index (χ3n) is 2.54. The molecule has 0 aliphatic rings. The van der Waals surface area contributed by atoms with Crippen LogP contribution in [0.5, 0.6) is 11.5 Å². The van der Waals surface area contributed by atoms with Gasteiger partial charge in [-0.05, 0) is 40.2 Å². The highest BCUT2D eigenvalue weighted by atomic mass is 35.5. The fourth-order valence-corrected chi connectivity index (χ4v) is 1.93. The molecular weight excluding hydrogens is 264 g/mol. The highest BCUT2D eigenvalue weighted by Crippen LogP contribution is 2.37. The van der Waals surface area contributed by atoms with Crippen molar-refractivity contribution < 1.29 is 14.6 Å². The van der Waals surface area contributed by atoms with Crippen LogP contribution in [0.1, 0.15) is 52.7 Å². The van der Waals surface area contributed by atoms with E-state index in [1.165, 1.54) is 0 Å². The molecule has 0 radical (unpaired) electrons. The van der Waals surface area contributed by atoms with E-state index in [2.05, 4.69) is 0 Å². The van der Waals surface area contributed by atoms with Crippen LogP contribution in [-0.2, 0) is 0 Å². The van der Waals surface area contributed by atoms with Crippen molar-refractivity contribution >= 4 is 11.6 Å².